The maximum Gasteiger partial charge on any atom is 0.216 e. The molecule has 0 bridgehead atoms. The van der Waals surface area contributed by atoms with Gasteiger partial charge in [-0.25, -0.2) is 14.2 Å². The Labute approximate surface area is 129 Å². The zero-order valence-electron chi connectivity index (χ0n) is 12.0. The fraction of sp³-hybridized carbons (Fsp3) is 0.583. The number of rotatable bonds is 3. The standard InChI is InChI=1S/C12H15N7S2/c1-12(2,3)8-6-18-9(13-8)20-11(15-18)21-10-14-16-17-19(10)7-4-5-7/h6-7H,4-5H2,1-3H3. The molecular weight excluding hydrogens is 306 g/mol. The van der Waals surface area contributed by atoms with Crippen LogP contribution < -0.4 is 0 Å². The second-order valence-electron chi connectivity index (χ2n) is 6.21. The Morgan fingerprint density at radius 1 is 1.33 bits per heavy atom. The third-order valence-corrected chi connectivity index (χ3v) is 5.25. The Balaban J connectivity index is 1.62. The van der Waals surface area contributed by atoms with Gasteiger partial charge in [0.2, 0.25) is 10.1 Å². The average molecular weight is 321 g/mol. The number of hydrogen-bond acceptors (Lipinski definition) is 7. The molecule has 3 aromatic rings. The van der Waals surface area contributed by atoms with Crippen molar-refractivity contribution in [2.45, 2.75) is 54.6 Å². The Kier molecular flexibility index (Phi) is 2.83. The van der Waals surface area contributed by atoms with Gasteiger partial charge in [0, 0.05) is 5.41 Å². The predicted octanol–water partition coefficient (Wildman–Crippen LogP) is 2.56. The van der Waals surface area contributed by atoms with Crippen LogP contribution in [0.2, 0.25) is 0 Å². The van der Waals surface area contributed by atoms with Gasteiger partial charge in [-0.3, -0.25) is 0 Å². The first kappa shape index (κ1) is 13.2. The van der Waals surface area contributed by atoms with E-state index in [1.165, 1.54) is 11.8 Å². The number of nitrogens with zero attached hydrogens (tertiary/aromatic N) is 7. The molecule has 7 nitrogen and oxygen atoms in total. The first-order valence-corrected chi connectivity index (χ1v) is 8.46. The quantitative estimate of drug-likeness (QED) is 0.738. The van der Waals surface area contributed by atoms with Gasteiger partial charge in [0.15, 0.2) is 4.34 Å². The zero-order chi connectivity index (χ0) is 14.6. The van der Waals surface area contributed by atoms with E-state index in [9.17, 15) is 0 Å². The van der Waals surface area contributed by atoms with E-state index in [2.05, 4.69) is 46.4 Å². The molecular formula is C12H15N7S2. The van der Waals surface area contributed by atoms with Crippen LogP contribution in [0, 0.1) is 0 Å². The lowest BCUT2D eigenvalue weighted by atomic mass is 9.93. The van der Waals surface area contributed by atoms with Crippen molar-refractivity contribution >= 4 is 28.1 Å². The molecule has 1 aliphatic rings. The highest BCUT2D eigenvalue weighted by Gasteiger charge is 2.28. The molecule has 0 N–H and O–H groups in total. The van der Waals surface area contributed by atoms with Gasteiger partial charge < -0.3 is 0 Å². The smallest absolute Gasteiger partial charge is 0.216 e. The van der Waals surface area contributed by atoms with Crippen LogP contribution in [0.4, 0.5) is 0 Å². The van der Waals surface area contributed by atoms with Crippen LogP contribution in [0.1, 0.15) is 45.3 Å². The summed E-state index contributed by atoms with van der Waals surface area (Å²) in [7, 11) is 0. The number of hydrogen-bond donors (Lipinski definition) is 0. The van der Waals surface area contributed by atoms with Gasteiger partial charge >= 0.3 is 0 Å². The van der Waals surface area contributed by atoms with Crippen molar-refractivity contribution in [1.29, 1.82) is 0 Å². The molecule has 0 saturated heterocycles. The molecule has 0 aliphatic heterocycles. The summed E-state index contributed by atoms with van der Waals surface area (Å²) in [5.74, 6) is 0. The highest BCUT2D eigenvalue weighted by atomic mass is 32.2. The highest BCUT2D eigenvalue weighted by Crippen LogP contribution is 2.38. The number of imidazole rings is 1. The molecule has 1 saturated carbocycles. The molecule has 0 atom stereocenters. The third kappa shape index (κ3) is 2.44. The fourth-order valence-electron chi connectivity index (χ4n) is 1.96. The Morgan fingerprint density at radius 2 is 2.14 bits per heavy atom. The summed E-state index contributed by atoms with van der Waals surface area (Å²) < 4.78 is 4.66. The molecule has 0 aromatic carbocycles. The van der Waals surface area contributed by atoms with Gasteiger partial charge in [0.1, 0.15) is 0 Å². The summed E-state index contributed by atoms with van der Waals surface area (Å²) >= 11 is 3.07. The maximum absolute atomic E-state index is 4.65. The minimum atomic E-state index is 0.0385. The minimum Gasteiger partial charge on any atom is -0.222 e. The van der Waals surface area contributed by atoms with Crippen LogP contribution in [0.5, 0.6) is 0 Å². The first-order chi connectivity index (χ1) is 10.0. The fourth-order valence-corrected chi connectivity index (χ4v) is 3.83. The van der Waals surface area contributed by atoms with E-state index in [0.717, 1.165) is 33.0 Å². The van der Waals surface area contributed by atoms with Crippen molar-refractivity contribution in [3.8, 4) is 0 Å². The van der Waals surface area contributed by atoms with Crippen LogP contribution in [0.15, 0.2) is 15.7 Å². The lowest BCUT2D eigenvalue weighted by Crippen LogP contribution is -2.11. The van der Waals surface area contributed by atoms with Crippen molar-refractivity contribution in [2.24, 2.45) is 0 Å². The SMILES string of the molecule is CC(C)(C)c1cn2nc(Sc3nnnn3C3CC3)sc2n1. The zero-order valence-corrected chi connectivity index (χ0v) is 13.6. The van der Waals surface area contributed by atoms with Crippen LogP contribution in [-0.4, -0.2) is 34.8 Å². The molecule has 1 aliphatic carbocycles. The third-order valence-electron chi connectivity index (χ3n) is 3.33. The number of aromatic nitrogens is 7. The van der Waals surface area contributed by atoms with E-state index in [1.54, 1.807) is 11.3 Å². The Hall–Kier alpha value is -1.48. The van der Waals surface area contributed by atoms with Gasteiger partial charge in [-0.05, 0) is 35.0 Å². The van der Waals surface area contributed by atoms with Crippen molar-refractivity contribution < 1.29 is 0 Å². The summed E-state index contributed by atoms with van der Waals surface area (Å²) in [6.07, 6.45) is 4.32. The summed E-state index contributed by atoms with van der Waals surface area (Å²) in [4.78, 5) is 5.56. The van der Waals surface area contributed by atoms with Gasteiger partial charge in [0.05, 0.1) is 17.9 Å². The van der Waals surface area contributed by atoms with Crippen molar-refractivity contribution in [1.82, 2.24) is 34.8 Å². The molecule has 0 amide bonds. The second-order valence-corrected chi connectivity index (χ2v) is 8.38. The molecule has 3 heterocycles. The molecule has 1 fully saturated rings. The highest BCUT2D eigenvalue weighted by molar-refractivity contribution is 8.01. The summed E-state index contributed by atoms with van der Waals surface area (Å²) in [6.45, 7) is 6.46. The second kappa shape index (κ2) is 4.51. The van der Waals surface area contributed by atoms with Gasteiger partial charge in [-0.1, -0.05) is 32.1 Å². The Morgan fingerprint density at radius 3 is 2.81 bits per heavy atom. The predicted molar refractivity (Wildman–Crippen MR) is 79.8 cm³/mol. The number of fused-ring (bicyclic) bond motifs is 1. The minimum absolute atomic E-state index is 0.0385. The first-order valence-electron chi connectivity index (χ1n) is 6.83. The van der Waals surface area contributed by atoms with E-state index in [-0.39, 0.29) is 5.41 Å². The van der Waals surface area contributed by atoms with Crippen LogP contribution in [-0.2, 0) is 5.41 Å². The van der Waals surface area contributed by atoms with E-state index in [0.29, 0.717) is 6.04 Å². The van der Waals surface area contributed by atoms with Crippen LogP contribution in [0.3, 0.4) is 0 Å². The lowest BCUT2D eigenvalue weighted by Gasteiger charge is -2.13. The summed E-state index contributed by atoms with van der Waals surface area (Å²) in [5, 5.41) is 17.3. The normalized spacial score (nSPS) is 16.0. The largest absolute Gasteiger partial charge is 0.222 e. The topological polar surface area (TPSA) is 73.8 Å². The van der Waals surface area contributed by atoms with E-state index in [4.69, 9.17) is 0 Å². The monoisotopic (exact) mass is 321 g/mol. The lowest BCUT2D eigenvalue weighted by molar-refractivity contribution is 0.565. The van der Waals surface area contributed by atoms with Gasteiger partial charge in [0.25, 0.3) is 0 Å². The van der Waals surface area contributed by atoms with Crippen LogP contribution in [0.25, 0.3) is 4.96 Å². The maximum atomic E-state index is 4.65. The van der Waals surface area contributed by atoms with Crippen molar-refractivity contribution in [2.75, 3.05) is 0 Å². The van der Waals surface area contributed by atoms with Gasteiger partial charge in [-0.2, -0.15) is 0 Å². The molecule has 4 rings (SSSR count). The molecule has 110 valence electrons. The van der Waals surface area contributed by atoms with Gasteiger partial charge in [-0.15, -0.1) is 10.2 Å². The molecule has 9 heteroatoms. The summed E-state index contributed by atoms with van der Waals surface area (Å²) in [6, 6.07) is 0.471. The van der Waals surface area contributed by atoms with E-state index >= 15 is 0 Å². The molecule has 0 radical (unpaired) electrons. The number of tetrazole rings is 1. The molecule has 0 spiro atoms. The molecule has 0 unspecified atom stereocenters. The van der Waals surface area contributed by atoms with E-state index < -0.39 is 0 Å². The van der Waals surface area contributed by atoms with E-state index in [1.807, 2.05) is 15.4 Å². The van der Waals surface area contributed by atoms with Crippen molar-refractivity contribution in [3.63, 3.8) is 0 Å². The van der Waals surface area contributed by atoms with Crippen LogP contribution >= 0.6 is 23.1 Å². The molecule has 3 aromatic heterocycles. The summed E-state index contributed by atoms with van der Waals surface area (Å²) in [5.41, 5.74) is 1.09. The average Bonchev–Trinajstić information content (AvgIpc) is 2.81. The molecule has 21 heavy (non-hydrogen) atoms. The van der Waals surface area contributed by atoms with Crippen molar-refractivity contribution in [3.05, 3.63) is 11.9 Å². The Bertz CT molecular complexity index is 759.